The standard InChI is InChI=1S/C25H26F2N4O6S2/c1-37-24(33)30-19(11-15-5-3-2-4-6-15)22(32)28-20(23-29-21(14-38-23)18-13-25(18,26)27)12-16-7-9-17(10-8-16)31-39(34,35)36/h2-10,14,18-20,31H,11-13H2,1H3,(H,28,32)(H,30,33)(H,34,35,36). The fraction of sp³-hybridized carbons (Fsp3) is 0.320. The summed E-state index contributed by atoms with van der Waals surface area (Å²) < 4.78 is 65.0. The van der Waals surface area contributed by atoms with Crippen molar-refractivity contribution in [1.82, 2.24) is 15.6 Å². The molecule has 3 atom stereocenters. The van der Waals surface area contributed by atoms with Crippen molar-refractivity contribution in [3.05, 3.63) is 81.8 Å². The smallest absolute Gasteiger partial charge is 0.407 e. The van der Waals surface area contributed by atoms with Gasteiger partial charge in [0.15, 0.2) is 0 Å². The molecule has 4 rings (SSSR count). The highest BCUT2D eigenvalue weighted by atomic mass is 32.2. The molecule has 1 aromatic heterocycles. The number of methoxy groups -OCH3 is 1. The van der Waals surface area contributed by atoms with Crippen molar-refractivity contribution < 1.29 is 36.1 Å². The Kier molecular flexibility index (Phi) is 8.47. The predicted octanol–water partition coefficient (Wildman–Crippen LogP) is 3.85. The van der Waals surface area contributed by atoms with Gasteiger partial charge in [-0.1, -0.05) is 42.5 Å². The van der Waals surface area contributed by atoms with Crippen molar-refractivity contribution in [2.75, 3.05) is 11.8 Å². The van der Waals surface area contributed by atoms with Gasteiger partial charge in [0, 0.05) is 18.2 Å². The molecule has 0 saturated heterocycles. The Bertz CT molecular complexity index is 1420. The maximum absolute atomic E-state index is 13.6. The van der Waals surface area contributed by atoms with Crippen molar-refractivity contribution in [2.24, 2.45) is 0 Å². The lowest BCUT2D eigenvalue weighted by molar-refractivity contribution is -0.123. The molecule has 1 aliphatic carbocycles. The maximum Gasteiger partial charge on any atom is 0.407 e. The van der Waals surface area contributed by atoms with Gasteiger partial charge >= 0.3 is 16.4 Å². The van der Waals surface area contributed by atoms with E-state index < -0.39 is 46.2 Å². The Morgan fingerprint density at radius 1 is 1.10 bits per heavy atom. The molecule has 0 bridgehead atoms. The van der Waals surface area contributed by atoms with Gasteiger partial charge in [-0.05, 0) is 29.7 Å². The van der Waals surface area contributed by atoms with Crippen LogP contribution in [0.25, 0.3) is 0 Å². The summed E-state index contributed by atoms with van der Waals surface area (Å²) in [6, 6.07) is 13.3. The number of hydrogen-bond acceptors (Lipinski definition) is 7. The summed E-state index contributed by atoms with van der Waals surface area (Å²) >= 11 is 1.14. The van der Waals surface area contributed by atoms with E-state index in [1.807, 2.05) is 22.9 Å². The minimum atomic E-state index is -4.45. The molecule has 0 radical (unpaired) electrons. The molecule has 1 aliphatic rings. The summed E-state index contributed by atoms with van der Waals surface area (Å²) in [6.07, 6.45) is -0.723. The number of ether oxygens (including phenoxy) is 1. The van der Waals surface area contributed by atoms with Crippen LogP contribution in [0, 0.1) is 0 Å². The highest BCUT2D eigenvalue weighted by Crippen LogP contribution is 2.55. The van der Waals surface area contributed by atoms with Gasteiger partial charge in [-0.15, -0.1) is 11.3 Å². The summed E-state index contributed by atoms with van der Waals surface area (Å²) in [7, 11) is -3.27. The number of halogens is 2. The van der Waals surface area contributed by atoms with Crippen LogP contribution in [0.3, 0.4) is 0 Å². The third kappa shape index (κ3) is 7.94. The van der Waals surface area contributed by atoms with Crippen molar-refractivity contribution in [3.63, 3.8) is 0 Å². The van der Waals surface area contributed by atoms with E-state index >= 15 is 0 Å². The number of alkyl halides is 2. The van der Waals surface area contributed by atoms with Crippen LogP contribution in [0.2, 0.25) is 0 Å². The third-order valence-electron chi connectivity index (χ3n) is 6.05. The summed E-state index contributed by atoms with van der Waals surface area (Å²) in [6.45, 7) is 0. The molecule has 1 fully saturated rings. The van der Waals surface area contributed by atoms with Crippen molar-refractivity contribution in [3.8, 4) is 0 Å². The molecule has 0 spiro atoms. The summed E-state index contributed by atoms with van der Waals surface area (Å²) in [5, 5.41) is 7.36. The quantitative estimate of drug-likeness (QED) is 0.252. The molecule has 14 heteroatoms. The Hall–Kier alpha value is -3.62. The number of amides is 2. The number of alkyl carbamates (subject to hydrolysis) is 1. The van der Waals surface area contributed by atoms with E-state index in [9.17, 15) is 26.8 Å². The molecule has 208 valence electrons. The zero-order valence-electron chi connectivity index (χ0n) is 20.6. The average Bonchev–Trinajstić information content (AvgIpc) is 3.27. The molecule has 1 heterocycles. The van der Waals surface area contributed by atoms with E-state index in [0.717, 1.165) is 16.9 Å². The second-order valence-electron chi connectivity index (χ2n) is 9.05. The molecule has 3 unspecified atom stereocenters. The number of carbonyl (C=O) groups is 2. The summed E-state index contributed by atoms with van der Waals surface area (Å²) in [5.41, 5.74) is 1.83. The molecule has 39 heavy (non-hydrogen) atoms. The fourth-order valence-corrected chi connectivity index (χ4v) is 5.34. The highest BCUT2D eigenvalue weighted by Gasteiger charge is 2.58. The summed E-state index contributed by atoms with van der Waals surface area (Å²) in [5.74, 6) is -4.30. The van der Waals surface area contributed by atoms with Gasteiger partial charge in [0.25, 0.3) is 5.92 Å². The SMILES string of the molecule is COC(=O)NC(Cc1ccccc1)C(=O)NC(Cc1ccc(NS(=O)(=O)O)cc1)c1nc(C2CC2(F)F)cs1. The first-order valence-electron chi connectivity index (χ1n) is 11.8. The van der Waals surface area contributed by atoms with Crippen molar-refractivity contribution in [1.29, 1.82) is 0 Å². The zero-order valence-corrected chi connectivity index (χ0v) is 22.3. The van der Waals surface area contributed by atoms with Gasteiger partial charge in [-0.3, -0.25) is 14.1 Å². The number of rotatable bonds is 11. The second-order valence-corrected chi connectivity index (χ2v) is 11.1. The number of benzene rings is 2. The van der Waals surface area contributed by atoms with Gasteiger partial charge in [0.1, 0.15) is 11.0 Å². The van der Waals surface area contributed by atoms with Gasteiger partial charge in [-0.25, -0.2) is 18.6 Å². The lowest BCUT2D eigenvalue weighted by Crippen LogP contribution is -2.49. The molecular weight excluding hydrogens is 554 g/mol. The van der Waals surface area contributed by atoms with E-state index in [1.165, 1.54) is 19.2 Å². The number of thiazole rings is 1. The van der Waals surface area contributed by atoms with E-state index in [2.05, 4.69) is 20.4 Å². The molecule has 3 aromatic rings. The molecule has 4 N–H and O–H groups in total. The minimum Gasteiger partial charge on any atom is -0.453 e. The molecule has 10 nitrogen and oxygen atoms in total. The summed E-state index contributed by atoms with van der Waals surface area (Å²) in [4.78, 5) is 29.8. The first-order chi connectivity index (χ1) is 18.4. The van der Waals surface area contributed by atoms with E-state index in [-0.39, 0.29) is 30.6 Å². The molecule has 2 amide bonds. The fourth-order valence-electron chi connectivity index (χ4n) is 3.98. The van der Waals surface area contributed by atoms with Crippen LogP contribution in [0.4, 0.5) is 19.3 Å². The number of nitrogens with zero attached hydrogens (tertiary/aromatic N) is 1. The maximum atomic E-state index is 13.6. The van der Waals surface area contributed by atoms with E-state index in [1.54, 1.807) is 29.6 Å². The minimum absolute atomic E-state index is 0.125. The Balaban J connectivity index is 1.57. The van der Waals surface area contributed by atoms with E-state index in [0.29, 0.717) is 10.6 Å². The van der Waals surface area contributed by atoms with Crippen LogP contribution >= 0.6 is 11.3 Å². The van der Waals surface area contributed by atoms with Gasteiger partial charge < -0.3 is 15.4 Å². The second kappa shape index (κ2) is 11.6. The van der Waals surface area contributed by atoms with Crippen LogP contribution in [0.1, 0.15) is 40.2 Å². The number of nitrogens with one attached hydrogen (secondary N) is 3. The van der Waals surface area contributed by atoms with Crippen molar-refractivity contribution in [2.45, 2.75) is 43.2 Å². The van der Waals surface area contributed by atoms with Crippen LogP contribution in [-0.4, -0.2) is 49.0 Å². The van der Waals surface area contributed by atoms with Crippen LogP contribution < -0.4 is 15.4 Å². The molecular formula is C25H26F2N4O6S2. The third-order valence-corrected chi connectivity index (χ3v) is 7.52. The number of anilines is 1. The van der Waals surface area contributed by atoms with Crippen molar-refractivity contribution >= 4 is 39.3 Å². The van der Waals surface area contributed by atoms with Gasteiger partial charge in [0.05, 0.1) is 30.5 Å². The number of hydrogen-bond donors (Lipinski definition) is 4. The normalized spacial score (nSPS) is 17.5. The van der Waals surface area contributed by atoms with E-state index in [4.69, 9.17) is 4.55 Å². The largest absolute Gasteiger partial charge is 0.453 e. The van der Waals surface area contributed by atoms with Gasteiger partial charge in [-0.2, -0.15) is 8.42 Å². The molecule has 2 aromatic carbocycles. The number of carbonyl (C=O) groups excluding carboxylic acids is 2. The monoisotopic (exact) mass is 580 g/mol. The first kappa shape index (κ1) is 28.4. The van der Waals surface area contributed by atoms with Crippen LogP contribution in [-0.2, 0) is 32.7 Å². The predicted molar refractivity (Wildman–Crippen MR) is 140 cm³/mol. The van der Waals surface area contributed by atoms with Crippen LogP contribution in [0.5, 0.6) is 0 Å². The highest BCUT2D eigenvalue weighted by molar-refractivity contribution is 7.87. The Morgan fingerprint density at radius 3 is 2.33 bits per heavy atom. The number of aromatic nitrogens is 1. The van der Waals surface area contributed by atoms with Crippen LogP contribution in [0.15, 0.2) is 60.0 Å². The lowest BCUT2D eigenvalue weighted by Gasteiger charge is -2.22. The lowest BCUT2D eigenvalue weighted by atomic mass is 10.0. The Morgan fingerprint density at radius 2 is 1.74 bits per heavy atom. The topological polar surface area (TPSA) is 147 Å². The molecule has 1 saturated carbocycles. The Labute approximate surface area is 227 Å². The molecule has 0 aliphatic heterocycles. The zero-order chi connectivity index (χ0) is 28.2. The average molecular weight is 581 g/mol. The first-order valence-corrected chi connectivity index (χ1v) is 14.1. The van der Waals surface area contributed by atoms with Gasteiger partial charge in [0.2, 0.25) is 5.91 Å².